The molecule has 0 fully saturated rings. The first-order valence-electron chi connectivity index (χ1n) is 6.40. The average Bonchev–Trinajstić information content (AvgIpc) is 2.70. The van der Waals surface area contributed by atoms with Gasteiger partial charge in [-0.25, -0.2) is 0 Å². The van der Waals surface area contributed by atoms with Crippen molar-refractivity contribution in [3.05, 3.63) is 51.3 Å². The van der Waals surface area contributed by atoms with Crippen LogP contribution in [-0.4, -0.2) is 14.9 Å². The number of rotatable bonds is 3. The molecule has 1 heterocycles. The Labute approximate surface area is 122 Å². The van der Waals surface area contributed by atoms with Crippen molar-refractivity contribution in [2.45, 2.75) is 39.8 Å². The number of aryl methyl sites for hydroxylation is 2. The number of aliphatic hydroxyl groups excluding tert-OH is 1. The lowest BCUT2D eigenvalue weighted by molar-refractivity contribution is 0.203. The van der Waals surface area contributed by atoms with E-state index in [0.29, 0.717) is 0 Å². The lowest BCUT2D eigenvalue weighted by Crippen LogP contribution is -2.13. The van der Waals surface area contributed by atoms with E-state index in [2.05, 4.69) is 47.9 Å². The second-order valence-electron chi connectivity index (χ2n) is 5.18. The third kappa shape index (κ3) is 2.74. The highest BCUT2D eigenvalue weighted by molar-refractivity contribution is 9.10. The zero-order valence-corrected chi connectivity index (χ0v) is 13.3. The highest BCUT2D eigenvalue weighted by Crippen LogP contribution is 2.32. The minimum absolute atomic E-state index is 0.210. The number of nitrogens with zero attached hydrogens (tertiary/aromatic N) is 2. The number of benzene rings is 1. The van der Waals surface area contributed by atoms with Crippen LogP contribution < -0.4 is 0 Å². The highest BCUT2D eigenvalue weighted by Gasteiger charge is 2.22. The molecule has 0 spiro atoms. The van der Waals surface area contributed by atoms with Crippen LogP contribution in [0.2, 0.25) is 0 Å². The number of halogens is 1. The van der Waals surface area contributed by atoms with Crippen LogP contribution in [0.5, 0.6) is 0 Å². The van der Waals surface area contributed by atoms with Crippen LogP contribution in [0.25, 0.3) is 0 Å². The lowest BCUT2D eigenvalue weighted by atomic mass is 9.99. The Kier molecular flexibility index (Phi) is 4.11. The van der Waals surface area contributed by atoms with Crippen LogP contribution in [0.15, 0.2) is 28.9 Å². The molecule has 4 heteroatoms. The topological polar surface area (TPSA) is 38.1 Å². The molecule has 102 valence electrons. The van der Waals surface area contributed by atoms with E-state index in [0.717, 1.165) is 21.3 Å². The first-order valence-corrected chi connectivity index (χ1v) is 7.19. The summed E-state index contributed by atoms with van der Waals surface area (Å²) in [6.07, 6.45) is 1.07. The van der Waals surface area contributed by atoms with Crippen LogP contribution in [0.3, 0.4) is 0 Å². The molecule has 2 aromatic rings. The predicted octanol–water partition coefficient (Wildman–Crippen LogP) is 3.93. The first kappa shape index (κ1) is 14.3. The maximum absolute atomic E-state index is 10.7. The molecule has 0 aliphatic heterocycles. The van der Waals surface area contributed by atoms with Crippen molar-refractivity contribution in [2.75, 3.05) is 0 Å². The van der Waals surface area contributed by atoms with Gasteiger partial charge in [0.05, 0.1) is 16.4 Å². The quantitative estimate of drug-likeness (QED) is 0.929. The van der Waals surface area contributed by atoms with Crippen molar-refractivity contribution < 1.29 is 5.11 Å². The fourth-order valence-electron chi connectivity index (χ4n) is 2.30. The van der Waals surface area contributed by atoms with Crippen molar-refractivity contribution >= 4 is 15.9 Å². The maximum Gasteiger partial charge on any atom is 0.122 e. The zero-order valence-electron chi connectivity index (χ0n) is 11.7. The highest BCUT2D eigenvalue weighted by atomic mass is 79.9. The summed E-state index contributed by atoms with van der Waals surface area (Å²) in [5.74, 6) is 0. The lowest BCUT2D eigenvalue weighted by Gasteiger charge is -2.18. The number of hydrogen-bond acceptors (Lipinski definition) is 2. The monoisotopic (exact) mass is 322 g/mol. The van der Waals surface area contributed by atoms with Crippen molar-refractivity contribution in [2.24, 2.45) is 0 Å². The summed E-state index contributed by atoms with van der Waals surface area (Å²) in [5, 5.41) is 15.0. The Morgan fingerprint density at radius 3 is 2.53 bits per heavy atom. The Balaban J connectivity index is 2.49. The van der Waals surface area contributed by atoms with E-state index in [1.54, 1.807) is 6.20 Å². The van der Waals surface area contributed by atoms with Crippen LogP contribution >= 0.6 is 15.9 Å². The fourth-order valence-corrected chi connectivity index (χ4v) is 2.79. The molecular weight excluding hydrogens is 304 g/mol. The van der Waals surface area contributed by atoms with E-state index in [9.17, 15) is 5.11 Å². The van der Waals surface area contributed by atoms with Gasteiger partial charge in [-0.05, 0) is 54.8 Å². The molecule has 0 aliphatic rings. The van der Waals surface area contributed by atoms with Gasteiger partial charge in [0.1, 0.15) is 6.10 Å². The largest absolute Gasteiger partial charge is 0.382 e. The van der Waals surface area contributed by atoms with E-state index in [1.165, 1.54) is 5.56 Å². The SMILES string of the molecule is Cc1ccc(C(O)c2c(Br)cnn2C(C)C)c(C)c1. The Morgan fingerprint density at radius 2 is 1.95 bits per heavy atom. The van der Waals surface area contributed by atoms with Crippen molar-refractivity contribution in [1.82, 2.24) is 9.78 Å². The standard InChI is InChI=1S/C15H19BrN2O/c1-9(2)18-14(13(16)8-17-18)15(19)12-6-5-10(3)7-11(12)4/h5-9,15,19H,1-4H3. The normalized spacial score (nSPS) is 13.0. The minimum atomic E-state index is -0.667. The van der Waals surface area contributed by atoms with E-state index in [1.807, 2.05) is 23.7 Å². The molecule has 1 aromatic carbocycles. The number of hydrogen-bond donors (Lipinski definition) is 1. The maximum atomic E-state index is 10.7. The summed E-state index contributed by atoms with van der Waals surface area (Å²) in [4.78, 5) is 0. The van der Waals surface area contributed by atoms with Crippen molar-refractivity contribution in [1.29, 1.82) is 0 Å². The van der Waals surface area contributed by atoms with Crippen LogP contribution in [0, 0.1) is 13.8 Å². The molecule has 19 heavy (non-hydrogen) atoms. The molecule has 0 amide bonds. The van der Waals surface area contributed by atoms with Gasteiger partial charge in [0.25, 0.3) is 0 Å². The third-order valence-electron chi connectivity index (χ3n) is 3.26. The van der Waals surface area contributed by atoms with E-state index >= 15 is 0 Å². The molecule has 1 N–H and O–H groups in total. The van der Waals surface area contributed by atoms with Crippen LogP contribution in [-0.2, 0) is 0 Å². The smallest absolute Gasteiger partial charge is 0.122 e. The number of aliphatic hydroxyl groups is 1. The molecule has 1 atom stereocenters. The van der Waals surface area contributed by atoms with Crippen molar-refractivity contribution in [3.63, 3.8) is 0 Å². The molecule has 1 aromatic heterocycles. The van der Waals surface area contributed by atoms with E-state index in [-0.39, 0.29) is 6.04 Å². The second-order valence-corrected chi connectivity index (χ2v) is 6.03. The molecule has 2 rings (SSSR count). The molecule has 0 saturated heterocycles. The first-order chi connectivity index (χ1) is 8.91. The Morgan fingerprint density at radius 1 is 1.26 bits per heavy atom. The van der Waals surface area contributed by atoms with Gasteiger partial charge in [0, 0.05) is 6.04 Å². The van der Waals surface area contributed by atoms with Crippen molar-refractivity contribution in [3.8, 4) is 0 Å². The van der Waals surface area contributed by atoms with Crippen LogP contribution in [0.1, 0.15) is 48.4 Å². The molecule has 3 nitrogen and oxygen atoms in total. The Hall–Kier alpha value is -1.13. The van der Waals surface area contributed by atoms with Gasteiger partial charge in [-0.2, -0.15) is 5.10 Å². The fraction of sp³-hybridized carbons (Fsp3) is 0.400. The van der Waals surface area contributed by atoms with Gasteiger partial charge in [0.2, 0.25) is 0 Å². The molecule has 0 bridgehead atoms. The molecule has 0 aliphatic carbocycles. The van der Waals surface area contributed by atoms with Crippen LogP contribution in [0.4, 0.5) is 0 Å². The second kappa shape index (κ2) is 5.47. The summed E-state index contributed by atoms with van der Waals surface area (Å²) >= 11 is 3.48. The molecule has 0 saturated carbocycles. The van der Waals surface area contributed by atoms with Gasteiger partial charge in [-0.15, -0.1) is 0 Å². The van der Waals surface area contributed by atoms with E-state index < -0.39 is 6.10 Å². The minimum Gasteiger partial charge on any atom is -0.382 e. The summed E-state index contributed by atoms with van der Waals surface area (Å²) in [7, 11) is 0. The van der Waals surface area contributed by atoms with Gasteiger partial charge in [-0.3, -0.25) is 4.68 Å². The predicted molar refractivity (Wildman–Crippen MR) is 80.3 cm³/mol. The number of aromatic nitrogens is 2. The average molecular weight is 323 g/mol. The molecule has 1 unspecified atom stereocenters. The van der Waals surface area contributed by atoms with Gasteiger partial charge >= 0.3 is 0 Å². The molecular formula is C15H19BrN2O. The summed E-state index contributed by atoms with van der Waals surface area (Å²) in [5.41, 5.74) is 4.02. The summed E-state index contributed by atoms with van der Waals surface area (Å²) in [6.45, 7) is 8.18. The van der Waals surface area contributed by atoms with Gasteiger partial charge in [-0.1, -0.05) is 23.8 Å². The Bertz CT molecular complexity index is 590. The molecule has 0 radical (unpaired) electrons. The zero-order chi connectivity index (χ0) is 14.2. The summed E-state index contributed by atoms with van der Waals surface area (Å²) in [6, 6.07) is 6.30. The van der Waals surface area contributed by atoms with E-state index in [4.69, 9.17) is 0 Å². The van der Waals surface area contributed by atoms with Gasteiger partial charge < -0.3 is 5.11 Å². The summed E-state index contributed by atoms with van der Waals surface area (Å²) < 4.78 is 2.70. The third-order valence-corrected chi connectivity index (χ3v) is 3.87. The van der Waals surface area contributed by atoms with Gasteiger partial charge in [0.15, 0.2) is 0 Å².